The van der Waals surface area contributed by atoms with Crippen molar-refractivity contribution in [1.82, 2.24) is 45.3 Å². The fourth-order valence-corrected chi connectivity index (χ4v) is 9.38. The molecule has 0 saturated carbocycles. The van der Waals surface area contributed by atoms with Gasteiger partial charge in [-0.3, -0.25) is 14.9 Å². The van der Waals surface area contributed by atoms with Crippen LogP contribution in [-0.2, 0) is 14.3 Å². The Kier molecular flexibility index (Phi) is 13.8. The molecule has 4 aromatic carbocycles. The molecule has 0 spiro atoms. The number of aliphatic hydroxyl groups excluding tert-OH is 1. The number of nitrogens with zero attached hydrogens (tertiary/aromatic N) is 5. The van der Waals surface area contributed by atoms with Gasteiger partial charge in [-0.2, -0.15) is 0 Å². The van der Waals surface area contributed by atoms with Crippen LogP contribution in [0.15, 0.2) is 122 Å². The SMILES string of the molecule is COC(O)NC(C(=O)N1CCCC1c1ncc(-c2ccc(C#Cc3ccc(-c4cnc(C5CCCN5C(=O)C(NC(=O)N5CCC(C)(O)CC5)c5ccccc5)[nH]4)cc3)cc2)[nH]1)c1ccccc1. The van der Waals surface area contributed by atoms with E-state index in [1.807, 2.05) is 119 Å². The average molecular weight is 916 g/mol. The number of hydrogen-bond donors (Lipinski definition) is 6. The zero-order valence-corrected chi connectivity index (χ0v) is 38.3. The standard InChI is InChI=1S/C53H57N9O6/c1-53(67)27-31-60(32-28-53)51(65)58-45(39-11-5-3-6-12-39)49(63)61-29-9-15-43(61)47-54-33-41(56-47)37-23-19-35(20-24-37)17-18-36-21-25-38(26-22-36)42-34-55-48(57-42)44-16-10-30-62(44)50(64)46(59-52(66)68-2)40-13-7-4-8-14-40/h3-8,11-14,19-26,33-34,43-46,52,59,66-67H,9-10,15-16,27-32H2,1-2H3,(H,54,56)(H,55,57)(H,58,65). The third-order valence-electron chi connectivity index (χ3n) is 13.3. The second kappa shape index (κ2) is 20.4. The van der Waals surface area contributed by atoms with E-state index in [1.165, 1.54) is 7.11 Å². The monoisotopic (exact) mass is 915 g/mol. The van der Waals surface area contributed by atoms with Crippen molar-refractivity contribution in [2.45, 2.75) is 81.6 Å². The molecule has 0 radical (unpaired) electrons. The molecule has 350 valence electrons. The summed E-state index contributed by atoms with van der Waals surface area (Å²) < 4.78 is 5.02. The van der Waals surface area contributed by atoms with E-state index in [9.17, 15) is 24.6 Å². The first kappa shape index (κ1) is 46.0. The molecule has 2 aromatic heterocycles. The van der Waals surface area contributed by atoms with Gasteiger partial charge in [-0.05, 0) is 92.0 Å². The molecule has 3 aliphatic heterocycles. The molecule has 4 amide bonds. The molecular formula is C53H57N9O6. The molecule has 5 unspecified atom stereocenters. The van der Waals surface area contributed by atoms with E-state index in [1.54, 1.807) is 24.2 Å². The van der Waals surface area contributed by atoms with E-state index in [2.05, 4.69) is 32.4 Å². The molecule has 68 heavy (non-hydrogen) atoms. The average Bonchev–Trinajstić information content (AvgIpc) is 4.23. The van der Waals surface area contributed by atoms with E-state index in [0.29, 0.717) is 56.2 Å². The maximum Gasteiger partial charge on any atom is 0.318 e. The van der Waals surface area contributed by atoms with Gasteiger partial charge in [0.2, 0.25) is 18.2 Å². The summed E-state index contributed by atoms with van der Waals surface area (Å²) in [4.78, 5) is 63.4. The quantitative estimate of drug-likeness (QED) is 0.0570. The number of imidazole rings is 2. The largest absolute Gasteiger partial charge is 0.390 e. The van der Waals surface area contributed by atoms with Gasteiger partial charge >= 0.3 is 6.03 Å². The molecule has 0 bridgehead atoms. The van der Waals surface area contributed by atoms with Gasteiger partial charge in [0.25, 0.3) is 0 Å². The number of rotatable bonds is 12. The topological polar surface area (TPSA) is 192 Å². The number of aliphatic hydroxyl groups is 2. The Hall–Kier alpha value is -7.09. The Morgan fingerprint density at radius 3 is 1.62 bits per heavy atom. The Morgan fingerprint density at radius 2 is 1.15 bits per heavy atom. The van der Waals surface area contributed by atoms with Gasteiger partial charge < -0.3 is 44.9 Å². The maximum atomic E-state index is 14.3. The van der Waals surface area contributed by atoms with E-state index in [-0.39, 0.29) is 29.9 Å². The van der Waals surface area contributed by atoms with Crippen LogP contribution in [0.5, 0.6) is 0 Å². The molecule has 5 heterocycles. The Morgan fingerprint density at radius 1 is 0.691 bits per heavy atom. The third-order valence-corrected chi connectivity index (χ3v) is 13.3. The third kappa shape index (κ3) is 10.4. The molecule has 0 aliphatic carbocycles. The second-order valence-electron chi connectivity index (χ2n) is 18.0. The summed E-state index contributed by atoms with van der Waals surface area (Å²) in [6, 6.07) is 32.0. The predicted molar refractivity (Wildman–Crippen MR) is 256 cm³/mol. The number of aromatic amines is 2. The number of hydrogen-bond acceptors (Lipinski definition) is 9. The smallest absolute Gasteiger partial charge is 0.318 e. The van der Waals surface area contributed by atoms with E-state index in [4.69, 9.17) is 14.7 Å². The molecule has 3 aliphatic rings. The molecule has 6 aromatic rings. The first-order valence-electron chi connectivity index (χ1n) is 23.3. The van der Waals surface area contributed by atoms with Gasteiger partial charge in [0.1, 0.15) is 23.7 Å². The van der Waals surface area contributed by atoms with Crippen LogP contribution >= 0.6 is 0 Å². The van der Waals surface area contributed by atoms with Crippen LogP contribution in [0.25, 0.3) is 22.5 Å². The molecule has 6 N–H and O–H groups in total. The minimum absolute atomic E-state index is 0.161. The van der Waals surface area contributed by atoms with Crippen molar-refractivity contribution in [2.24, 2.45) is 0 Å². The van der Waals surface area contributed by atoms with Gasteiger partial charge in [-0.25, -0.2) is 14.8 Å². The molecule has 15 heteroatoms. The van der Waals surface area contributed by atoms with Crippen LogP contribution in [0.2, 0.25) is 0 Å². The highest BCUT2D eigenvalue weighted by Gasteiger charge is 2.39. The molecule has 3 saturated heterocycles. The Bertz CT molecular complexity index is 2740. The number of carbonyl (C=O) groups is 3. The van der Waals surface area contributed by atoms with Crippen molar-refractivity contribution in [3.05, 3.63) is 155 Å². The summed E-state index contributed by atoms with van der Waals surface area (Å²) in [5.41, 5.74) is 5.89. The fraction of sp³-hybridized carbons (Fsp3) is 0.340. The minimum atomic E-state index is -1.30. The predicted octanol–water partition coefficient (Wildman–Crippen LogP) is 6.74. The number of piperidine rings is 1. The minimum Gasteiger partial charge on any atom is -0.390 e. The van der Waals surface area contributed by atoms with Gasteiger partial charge in [0.15, 0.2) is 0 Å². The van der Waals surface area contributed by atoms with Crippen LogP contribution < -0.4 is 10.6 Å². The van der Waals surface area contributed by atoms with Crippen molar-refractivity contribution in [3.63, 3.8) is 0 Å². The Labute approximate surface area is 396 Å². The van der Waals surface area contributed by atoms with Crippen molar-refractivity contribution < 1.29 is 29.3 Å². The summed E-state index contributed by atoms with van der Waals surface area (Å²) in [7, 11) is 1.38. The van der Waals surface area contributed by atoms with Gasteiger partial charge in [-0.1, -0.05) is 96.8 Å². The molecule has 15 nitrogen and oxygen atoms in total. The lowest BCUT2D eigenvalue weighted by atomic mass is 9.94. The number of likely N-dealkylation sites (tertiary alicyclic amines) is 3. The number of nitrogens with one attached hydrogen (secondary N) is 4. The lowest BCUT2D eigenvalue weighted by Crippen LogP contribution is -2.51. The summed E-state index contributed by atoms with van der Waals surface area (Å²) >= 11 is 0. The van der Waals surface area contributed by atoms with Crippen molar-refractivity contribution in [2.75, 3.05) is 33.3 Å². The number of ether oxygens (including phenoxy) is 1. The molecule has 9 rings (SSSR count). The normalized spacial score (nSPS) is 19.2. The second-order valence-corrected chi connectivity index (χ2v) is 18.0. The Balaban J connectivity index is 0.825. The fourth-order valence-electron chi connectivity index (χ4n) is 9.38. The number of methoxy groups -OCH3 is 1. The van der Waals surface area contributed by atoms with Gasteiger partial charge in [0, 0.05) is 44.4 Å². The van der Waals surface area contributed by atoms with Crippen molar-refractivity contribution in [1.29, 1.82) is 0 Å². The number of amides is 4. The molecule has 5 atom stereocenters. The summed E-state index contributed by atoms with van der Waals surface area (Å²) in [5, 5.41) is 26.6. The highest BCUT2D eigenvalue weighted by Crippen LogP contribution is 2.36. The lowest BCUT2D eigenvalue weighted by molar-refractivity contribution is -0.143. The van der Waals surface area contributed by atoms with Crippen LogP contribution in [-0.4, -0.2) is 108 Å². The zero-order chi connectivity index (χ0) is 47.2. The zero-order valence-electron chi connectivity index (χ0n) is 38.3. The van der Waals surface area contributed by atoms with Crippen molar-refractivity contribution >= 4 is 17.8 Å². The van der Waals surface area contributed by atoms with Crippen LogP contribution in [0.1, 0.15) is 104 Å². The first-order valence-corrected chi connectivity index (χ1v) is 23.3. The first-order chi connectivity index (χ1) is 33.0. The summed E-state index contributed by atoms with van der Waals surface area (Å²) in [6.07, 6.45) is 6.39. The number of H-pyrrole nitrogens is 2. The van der Waals surface area contributed by atoms with Crippen LogP contribution in [0.3, 0.4) is 0 Å². The van der Waals surface area contributed by atoms with E-state index in [0.717, 1.165) is 64.9 Å². The van der Waals surface area contributed by atoms with E-state index >= 15 is 0 Å². The van der Waals surface area contributed by atoms with Crippen LogP contribution in [0, 0.1) is 11.8 Å². The maximum absolute atomic E-state index is 14.3. The highest BCUT2D eigenvalue weighted by atomic mass is 16.6. The van der Waals surface area contributed by atoms with Gasteiger partial charge in [0.05, 0.1) is 41.5 Å². The summed E-state index contributed by atoms with van der Waals surface area (Å²) in [6.45, 7) is 3.74. The van der Waals surface area contributed by atoms with Crippen LogP contribution in [0.4, 0.5) is 4.79 Å². The summed E-state index contributed by atoms with van der Waals surface area (Å²) in [5.74, 6) is 7.60. The number of aromatic nitrogens is 4. The lowest BCUT2D eigenvalue weighted by Gasteiger charge is -2.37. The van der Waals surface area contributed by atoms with Crippen molar-refractivity contribution in [3.8, 4) is 34.4 Å². The number of urea groups is 1. The highest BCUT2D eigenvalue weighted by molar-refractivity contribution is 5.89. The molecule has 3 fully saturated rings. The molecular weight excluding hydrogens is 859 g/mol. The number of benzene rings is 4. The number of carbonyl (C=O) groups excluding carboxylic acids is 3. The van der Waals surface area contributed by atoms with Gasteiger partial charge in [-0.15, -0.1) is 0 Å². The van der Waals surface area contributed by atoms with E-state index < -0.39 is 24.1 Å².